The predicted molar refractivity (Wildman–Crippen MR) is 122 cm³/mol. The van der Waals surface area contributed by atoms with E-state index in [1.807, 2.05) is 44.2 Å². The standard InChI is InChI=1S/C23H24N2O5S/c1-3-13-25-22(28)20(14-16-7-5-6-8-19(16)30-15-21(26)27)31-23(25)24-17-9-11-18(12-10-17)29-4-2/h5-12,14H,3-4,13,15H2,1-2H3,(H,26,27). The Hall–Kier alpha value is -3.26. The summed E-state index contributed by atoms with van der Waals surface area (Å²) < 4.78 is 10.8. The molecule has 1 saturated heterocycles. The van der Waals surface area contributed by atoms with Gasteiger partial charge < -0.3 is 14.6 Å². The van der Waals surface area contributed by atoms with Crippen molar-refractivity contribution in [1.29, 1.82) is 0 Å². The molecule has 1 N–H and O–H groups in total. The molecule has 1 amide bonds. The number of para-hydroxylation sites is 1. The predicted octanol–water partition coefficient (Wildman–Crippen LogP) is 4.56. The highest BCUT2D eigenvalue weighted by Crippen LogP contribution is 2.35. The van der Waals surface area contributed by atoms with E-state index in [0.717, 1.165) is 17.9 Å². The molecule has 0 aliphatic carbocycles. The number of hydrogen-bond donors (Lipinski definition) is 1. The molecule has 2 aromatic carbocycles. The van der Waals surface area contributed by atoms with Crippen LogP contribution in [-0.4, -0.2) is 46.8 Å². The summed E-state index contributed by atoms with van der Waals surface area (Å²) >= 11 is 1.29. The Kier molecular flexibility index (Phi) is 7.72. The highest BCUT2D eigenvalue weighted by atomic mass is 32.2. The van der Waals surface area contributed by atoms with Gasteiger partial charge in [-0.3, -0.25) is 9.69 Å². The molecule has 1 heterocycles. The number of rotatable bonds is 9. The van der Waals surface area contributed by atoms with Gasteiger partial charge in [0.15, 0.2) is 11.8 Å². The number of aliphatic carboxylic acids is 1. The Bertz CT molecular complexity index is 1000. The first-order valence-corrected chi connectivity index (χ1v) is 10.8. The molecule has 0 spiro atoms. The average Bonchev–Trinajstić information content (AvgIpc) is 3.04. The number of carbonyl (C=O) groups excluding carboxylic acids is 1. The number of amides is 1. The van der Waals surface area contributed by atoms with Crippen molar-refractivity contribution in [2.45, 2.75) is 20.3 Å². The van der Waals surface area contributed by atoms with E-state index in [-0.39, 0.29) is 5.91 Å². The quantitative estimate of drug-likeness (QED) is 0.575. The molecule has 7 nitrogen and oxygen atoms in total. The molecule has 1 fully saturated rings. The number of carbonyl (C=O) groups is 2. The molecule has 8 heteroatoms. The summed E-state index contributed by atoms with van der Waals surface area (Å²) in [5.41, 5.74) is 1.37. The van der Waals surface area contributed by atoms with Crippen LogP contribution in [0.15, 0.2) is 58.4 Å². The topological polar surface area (TPSA) is 88.4 Å². The van der Waals surface area contributed by atoms with Crippen LogP contribution in [-0.2, 0) is 9.59 Å². The normalized spacial score (nSPS) is 16.2. The zero-order valence-electron chi connectivity index (χ0n) is 17.4. The van der Waals surface area contributed by atoms with Gasteiger partial charge >= 0.3 is 5.97 Å². The summed E-state index contributed by atoms with van der Waals surface area (Å²) in [4.78, 5) is 30.7. The maximum atomic E-state index is 13.0. The summed E-state index contributed by atoms with van der Waals surface area (Å²) in [6, 6.07) is 14.4. The van der Waals surface area contributed by atoms with E-state index >= 15 is 0 Å². The van der Waals surface area contributed by atoms with E-state index in [2.05, 4.69) is 4.99 Å². The van der Waals surface area contributed by atoms with Crippen molar-refractivity contribution in [3.63, 3.8) is 0 Å². The van der Waals surface area contributed by atoms with E-state index in [9.17, 15) is 9.59 Å². The lowest BCUT2D eigenvalue weighted by Gasteiger charge is -2.14. The fourth-order valence-corrected chi connectivity index (χ4v) is 3.93. The van der Waals surface area contributed by atoms with Crippen LogP contribution in [0.4, 0.5) is 5.69 Å². The zero-order chi connectivity index (χ0) is 22.2. The summed E-state index contributed by atoms with van der Waals surface area (Å²) in [6.45, 7) is 4.62. The fourth-order valence-electron chi connectivity index (χ4n) is 2.92. The zero-order valence-corrected chi connectivity index (χ0v) is 18.2. The molecule has 31 heavy (non-hydrogen) atoms. The molecular weight excluding hydrogens is 416 g/mol. The van der Waals surface area contributed by atoms with Crippen LogP contribution in [0.5, 0.6) is 11.5 Å². The number of benzene rings is 2. The second-order valence-corrected chi connectivity index (χ2v) is 7.62. The van der Waals surface area contributed by atoms with Crippen molar-refractivity contribution >= 4 is 40.6 Å². The van der Waals surface area contributed by atoms with Gasteiger partial charge in [-0.2, -0.15) is 0 Å². The van der Waals surface area contributed by atoms with Crippen LogP contribution in [0, 0.1) is 0 Å². The van der Waals surface area contributed by atoms with Gasteiger partial charge in [-0.15, -0.1) is 0 Å². The van der Waals surface area contributed by atoms with E-state index in [4.69, 9.17) is 14.6 Å². The number of amidine groups is 1. The van der Waals surface area contributed by atoms with Crippen molar-refractivity contribution < 1.29 is 24.2 Å². The third-order valence-electron chi connectivity index (χ3n) is 4.26. The molecule has 162 valence electrons. The van der Waals surface area contributed by atoms with Crippen molar-refractivity contribution in [2.75, 3.05) is 19.8 Å². The number of nitrogens with zero attached hydrogens (tertiary/aromatic N) is 2. The number of hydrogen-bond acceptors (Lipinski definition) is 6. The van der Waals surface area contributed by atoms with Gasteiger partial charge in [-0.05, 0) is 61.5 Å². The van der Waals surface area contributed by atoms with Gasteiger partial charge in [-0.1, -0.05) is 25.1 Å². The molecule has 3 rings (SSSR count). The number of ether oxygens (including phenoxy) is 2. The lowest BCUT2D eigenvalue weighted by atomic mass is 10.2. The number of carboxylic acids is 1. The van der Waals surface area contributed by atoms with Crippen molar-refractivity contribution in [1.82, 2.24) is 4.90 Å². The first-order valence-electron chi connectivity index (χ1n) is 9.98. The molecule has 0 saturated carbocycles. The summed E-state index contributed by atoms with van der Waals surface area (Å²) in [7, 11) is 0. The molecular formula is C23H24N2O5S. The highest BCUT2D eigenvalue weighted by molar-refractivity contribution is 8.18. The second-order valence-electron chi connectivity index (χ2n) is 6.61. The Morgan fingerprint density at radius 2 is 1.87 bits per heavy atom. The summed E-state index contributed by atoms with van der Waals surface area (Å²) in [5.74, 6) is -0.0208. The van der Waals surface area contributed by atoms with Gasteiger partial charge in [0.25, 0.3) is 5.91 Å². The smallest absolute Gasteiger partial charge is 0.341 e. The lowest BCUT2D eigenvalue weighted by Crippen LogP contribution is -2.29. The van der Waals surface area contributed by atoms with Gasteiger partial charge in [0, 0.05) is 12.1 Å². The maximum Gasteiger partial charge on any atom is 0.341 e. The van der Waals surface area contributed by atoms with Crippen molar-refractivity contribution in [3.8, 4) is 11.5 Å². The van der Waals surface area contributed by atoms with E-state index in [0.29, 0.717) is 34.5 Å². The largest absolute Gasteiger partial charge is 0.494 e. The minimum Gasteiger partial charge on any atom is -0.494 e. The van der Waals surface area contributed by atoms with Crippen LogP contribution >= 0.6 is 11.8 Å². The van der Waals surface area contributed by atoms with E-state index in [1.165, 1.54) is 11.8 Å². The fraction of sp³-hybridized carbons (Fsp3) is 0.261. The Morgan fingerprint density at radius 1 is 1.13 bits per heavy atom. The SMILES string of the molecule is CCCN1C(=O)C(=Cc2ccccc2OCC(=O)O)SC1=Nc1ccc(OCC)cc1. The molecule has 1 aliphatic heterocycles. The minimum atomic E-state index is -1.06. The number of aliphatic imine (C=N–C) groups is 1. The van der Waals surface area contributed by atoms with Crippen LogP contribution in [0.25, 0.3) is 6.08 Å². The third-order valence-corrected chi connectivity index (χ3v) is 5.27. The van der Waals surface area contributed by atoms with E-state index < -0.39 is 12.6 Å². The Morgan fingerprint density at radius 3 is 2.55 bits per heavy atom. The van der Waals surface area contributed by atoms with Crippen molar-refractivity contribution in [2.24, 2.45) is 4.99 Å². The molecule has 2 aromatic rings. The molecule has 0 atom stereocenters. The summed E-state index contributed by atoms with van der Waals surface area (Å²) in [6.07, 6.45) is 2.51. The van der Waals surface area contributed by atoms with Gasteiger partial charge in [-0.25, -0.2) is 9.79 Å². The first-order chi connectivity index (χ1) is 15.0. The molecule has 1 aliphatic rings. The average molecular weight is 441 g/mol. The number of thioether (sulfide) groups is 1. The lowest BCUT2D eigenvalue weighted by molar-refractivity contribution is -0.139. The first kappa shape index (κ1) is 22.4. The monoisotopic (exact) mass is 440 g/mol. The number of carboxylic acid groups (broad SMARTS) is 1. The van der Waals surface area contributed by atoms with Crippen LogP contribution in [0.3, 0.4) is 0 Å². The molecule has 0 bridgehead atoms. The molecule has 0 aromatic heterocycles. The molecule has 0 radical (unpaired) electrons. The van der Waals surface area contributed by atoms with Crippen LogP contribution < -0.4 is 9.47 Å². The Balaban J connectivity index is 1.88. The van der Waals surface area contributed by atoms with Crippen molar-refractivity contribution in [3.05, 3.63) is 59.0 Å². The minimum absolute atomic E-state index is 0.135. The Labute approximate surface area is 185 Å². The second kappa shape index (κ2) is 10.7. The van der Waals surface area contributed by atoms with Gasteiger partial charge in [0.2, 0.25) is 0 Å². The molecule has 0 unspecified atom stereocenters. The van der Waals surface area contributed by atoms with Gasteiger partial charge in [0.1, 0.15) is 11.5 Å². The summed E-state index contributed by atoms with van der Waals surface area (Å²) in [5, 5.41) is 9.48. The maximum absolute atomic E-state index is 13.0. The third kappa shape index (κ3) is 5.88. The highest BCUT2D eigenvalue weighted by Gasteiger charge is 2.33. The van der Waals surface area contributed by atoms with Gasteiger partial charge in [0.05, 0.1) is 17.2 Å². The van der Waals surface area contributed by atoms with Crippen LogP contribution in [0.2, 0.25) is 0 Å². The van der Waals surface area contributed by atoms with E-state index in [1.54, 1.807) is 29.2 Å². The van der Waals surface area contributed by atoms with Crippen LogP contribution in [0.1, 0.15) is 25.8 Å².